The Morgan fingerprint density at radius 2 is 2.22 bits per heavy atom. The van der Waals surface area contributed by atoms with Crippen LogP contribution in [0.2, 0.25) is 0 Å². The number of carbonyl (C=O) groups excluding carboxylic acids is 2. The number of hydrogen-bond donors (Lipinski definition) is 1. The molecule has 1 atom stereocenters. The zero-order valence-corrected chi connectivity index (χ0v) is 9.89. The van der Waals surface area contributed by atoms with E-state index in [-0.39, 0.29) is 24.4 Å². The first-order chi connectivity index (χ1) is 8.70. The predicted molar refractivity (Wildman–Crippen MR) is 65.1 cm³/mol. The largest absolute Gasteiger partial charge is 0.457 e. The van der Waals surface area contributed by atoms with Crippen LogP contribution in [-0.2, 0) is 16.1 Å². The number of esters is 1. The molecule has 2 heterocycles. The molecule has 1 aromatic carbocycles. The zero-order valence-electron chi connectivity index (χ0n) is 9.89. The molecule has 0 bridgehead atoms. The SMILES string of the molecule is NCC1CC(=O)N(c2cccc3c2COC3=O)C1. The van der Waals surface area contributed by atoms with E-state index in [1.54, 1.807) is 17.0 Å². The number of rotatable bonds is 2. The number of benzene rings is 1. The minimum atomic E-state index is -0.311. The summed E-state index contributed by atoms with van der Waals surface area (Å²) in [5.74, 6) is -0.0431. The van der Waals surface area contributed by atoms with E-state index < -0.39 is 0 Å². The molecular weight excluding hydrogens is 232 g/mol. The molecule has 0 radical (unpaired) electrons. The lowest BCUT2D eigenvalue weighted by Crippen LogP contribution is -2.26. The molecule has 1 unspecified atom stereocenters. The van der Waals surface area contributed by atoms with Gasteiger partial charge >= 0.3 is 5.97 Å². The number of amides is 1. The average Bonchev–Trinajstić information content (AvgIpc) is 2.93. The third-order valence-electron chi connectivity index (χ3n) is 3.55. The van der Waals surface area contributed by atoms with Crippen LogP contribution < -0.4 is 10.6 Å². The van der Waals surface area contributed by atoms with Gasteiger partial charge in [0.1, 0.15) is 6.61 Å². The van der Waals surface area contributed by atoms with Gasteiger partial charge in [0.15, 0.2) is 0 Å². The normalized spacial score (nSPS) is 22.3. The van der Waals surface area contributed by atoms with E-state index in [1.165, 1.54) is 0 Å². The molecule has 0 saturated carbocycles. The molecule has 2 aliphatic rings. The van der Waals surface area contributed by atoms with Gasteiger partial charge in [-0.15, -0.1) is 0 Å². The summed E-state index contributed by atoms with van der Waals surface area (Å²) in [4.78, 5) is 25.2. The van der Waals surface area contributed by atoms with Crippen molar-refractivity contribution in [1.82, 2.24) is 0 Å². The summed E-state index contributed by atoms with van der Waals surface area (Å²) in [6.45, 7) is 1.38. The van der Waals surface area contributed by atoms with Crippen LogP contribution in [-0.4, -0.2) is 25.0 Å². The maximum Gasteiger partial charge on any atom is 0.338 e. The van der Waals surface area contributed by atoms with Crippen LogP contribution in [0.3, 0.4) is 0 Å². The Bertz CT molecular complexity index is 527. The van der Waals surface area contributed by atoms with Gasteiger partial charge in [-0.2, -0.15) is 0 Å². The second-order valence-electron chi connectivity index (χ2n) is 4.69. The van der Waals surface area contributed by atoms with Gasteiger partial charge in [-0.05, 0) is 24.6 Å². The van der Waals surface area contributed by atoms with E-state index >= 15 is 0 Å². The third-order valence-corrected chi connectivity index (χ3v) is 3.55. The molecule has 0 aliphatic carbocycles. The highest BCUT2D eigenvalue weighted by atomic mass is 16.5. The number of carbonyl (C=O) groups is 2. The van der Waals surface area contributed by atoms with Crippen LogP contribution in [0.5, 0.6) is 0 Å². The fourth-order valence-corrected chi connectivity index (χ4v) is 2.56. The number of nitrogens with two attached hydrogens (primary N) is 1. The number of cyclic esters (lactones) is 1. The number of ether oxygens (including phenoxy) is 1. The first-order valence-electron chi connectivity index (χ1n) is 6.00. The van der Waals surface area contributed by atoms with E-state index in [0.29, 0.717) is 25.1 Å². The summed E-state index contributed by atoms with van der Waals surface area (Å²) in [5, 5.41) is 0. The smallest absolute Gasteiger partial charge is 0.338 e. The highest BCUT2D eigenvalue weighted by Gasteiger charge is 2.33. The van der Waals surface area contributed by atoms with Crippen LogP contribution in [0.4, 0.5) is 5.69 Å². The van der Waals surface area contributed by atoms with Crippen LogP contribution in [0.25, 0.3) is 0 Å². The van der Waals surface area contributed by atoms with Crippen molar-refractivity contribution in [2.24, 2.45) is 11.7 Å². The van der Waals surface area contributed by atoms with Crippen molar-refractivity contribution >= 4 is 17.6 Å². The van der Waals surface area contributed by atoms with E-state index in [2.05, 4.69) is 0 Å². The summed E-state index contributed by atoms with van der Waals surface area (Å²) < 4.78 is 5.01. The summed E-state index contributed by atoms with van der Waals surface area (Å²) in [7, 11) is 0. The Kier molecular flexibility index (Phi) is 2.56. The Hall–Kier alpha value is -1.88. The van der Waals surface area contributed by atoms with E-state index in [4.69, 9.17) is 10.5 Å². The van der Waals surface area contributed by atoms with Gasteiger partial charge in [0.05, 0.1) is 11.3 Å². The van der Waals surface area contributed by atoms with Crippen molar-refractivity contribution in [3.8, 4) is 0 Å². The van der Waals surface area contributed by atoms with Gasteiger partial charge in [-0.3, -0.25) is 4.79 Å². The minimum Gasteiger partial charge on any atom is -0.457 e. The number of fused-ring (bicyclic) bond motifs is 1. The van der Waals surface area contributed by atoms with Gasteiger partial charge in [0, 0.05) is 18.5 Å². The molecule has 2 N–H and O–H groups in total. The molecule has 18 heavy (non-hydrogen) atoms. The van der Waals surface area contributed by atoms with Gasteiger partial charge in [0.2, 0.25) is 5.91 Å². The Morgan fingerprint density at radius 3 is 2.94 bits per heavy atom. The number of nitrogens with zero attached hydrogens (tertiary/aromatic N) is 1. The van der Waals surface area contributed by atoms with Crippen molar-refractivity contribution in [3.63, 3.8) is 0 Å². The second-order valence-corrected chi connectivity index (χ2v) is 4.69. The molecule has 2 aliphatic heterocycles. The molecule has 0 spiro atoms. The molecule has 1 aromatic rings. The zero-order chi connectivity index (χ0) is 12.7. The summed E-state index contributed by atoms with van der Waals surface area (Å²) in [6, 6.07) is 5.37. The van der Waals surface area contributed by atoms with Crippen molar-refractivity contribution < 1.29 is 14.3 Å². The predicted octanol–water partition coefficient (Wildman–Crippen LogP) is 0.669. The van der Waals surface area contributed by atoms with Crippen molar-refractivity contribution in [1.29, 1.82) is 0 Å². The van der Waals surface area contributed by atoms with E-state index in [9.17, 15) is 9.59 Å². The Morgan fingerprint density at radius 1 is 1.39 bits per heavy atom. The Balaban J connectivity index is 1.99. The highest BCUT2D eigenvalue weighted by Crippen LogP contribution is 2.33. The third kappa shape index (κ3) is 1.59. The molecule has 94 valence electrons. The fraction of sp³-hybridized carbons (Fsp3) is 0.385. The van der Waals surface area contributed by atoms with E-state index in [0.717, 1.165) is 11.3 Å². The first kappa shape index (κ1) is 11.2. The molecular formula is C13H14N2O3. The summed E-state index contributed by atoms with van der Waals surface area (Å²) in [6.07, 6.45) is 0.481. The van der Waals surface area contributed by atoms with Crippen LogP contribution >= 0.6 is 0 Å². The van der Waals surface area contributed by atoms with Gasteiger partial charge in [-0.25, -0.2) is 4.79 Å². The van der Waals surface area contributed by atoms with Crippen molar-refractivity contribution in [2.45, 2.75) is 13.0 Å². The maximum absolute atomic E-state index is 12.0. The molecule has 1 amide bonds. The quantitative estimate of drug-likeness (QED) is 0.778. The highest BCUT2D eigenvalue weighted by molar-refractivity contribution is 6.00. The fourth-order valence-electron chi connectivity index (χ4n) is 2.56. The molecule has 3 rings (SSSR count). The van der Waals surface area contributed by atoms with Crippen LogP contribution in [0.15, 0.2) is 18.2 Å². The second kappa shape index (κ2) is 4.10. The lowest BCUT2D eigenvalue weighted by atomic mass is 10.1. The molecule has 5 heteroatoms. The topological polar surface area (TPSA) is 72.6 Å². The number of anilines is 1. The molecule has 0 aromatic heterocycles. The van der Waals surface area contributed by atoms with Crippen LogP contribution in [0.1, 0.15) is 22.3 Å². The van der Waals surface area contributed by atoms with Crippen molar-refractivity contribution in [3.05, 3.63) is 29.3 Å². The van der Waals surface area contributed by atoms with Gasteiger partial charge in [0.25, 0.3) is 0 Å². The number of hydrogen-bond acceptors (Lipinski definition) is 4. The summed E-state index contributed by atoms with van der Waals surface area (Å²) >= 11 is 0. The first-order valence-corrected chi connectivity index (χ1v) is 6.00. The molecule has 1 saturated heterocycles. The standard InChI is InChI=1S/C13H14N2O3/c14-5-8-4-12(16)15(6-8)11-3-1-2-9-10(11)7-18-13(9)17/h1-3,8H,4-7,14H2. The monoisotopic (exact) mass is 246 g/mol. The average molecular weight is 246 g/mol. The van der Waals surface area contributed by atoms with E-state index in [1.807, 2.05) is 6.07 Å². The minimum absolute atomic E-state index is 0.0678. The maximum atomic E-state index is 12.0. The lowest BCUT2D eigenvalue weighted by molar-refractivity contribution is -0.117. The van der Waals surface area contributed by atoms with Crippen molar-refractivity contribution in [2.75, 3.05) is 18.0 Å². The molecule has 5 nitrogen and oxygen atoms in total. The molecule has 1 fully saturated rings. The Labute approximate surface area is 105 Å². The van der Waals surface area contributed by atoms with Crippen LogP contribution in [0, 0.1) is 5.92 Å². The van der Waals surface area contributed by atoms with Gasteiger partial charge < -0.3 is 15.4 Å². The lowest BCUT2D eigenvalue weighted by Gasteiger charge is -2.19. The van der Waals surface area contributed by atoms with Gasteiger partial charge in [-0.1, -0.05) is 6.07 Å². The summed E-state index contributed by atoms with van der Waals surface area (Å²) in [5.41, 5.74) is 7.78.